The number of rotatable bonds is 3. The summed E-state index contributed by atoms with van der Waals surface area (Å²) in [6.07, 6.45) is 2.15. The third-order valence-electron chi connectivity index (χ3n) is 4.60. The standard InChI is InChI=1S/C20H22N2O3/c1-13-10-22(11-14(2)24-13)12-17-5-6-19(25-17)16-4-3-15-7-8-21-20(23)18(15)9-16/h3-9,13-14H,10-12H2,1-2H3,(H,21,23)/t13-,14+. The van der Waals surface area contributed by atoms with E-state index in [0.717, 1.165) is 42.1 Å². The van der Waals surface area contributed by atoms with Crippen LogP contribution in [0.5, 0.6) is 0 Å². The molecule has 0 spiro atoms. The van der Waals surface area contributed by atoms with Crippen molar-refractivity contribution in [2.24, 2.45) is 0 Å². The Morgan fingerprint density at radius 3 is 2.72 bits per heavy atom. The van der Waals surface area contributed by atoms with Crippen LogP contribution in [0.3, 0.4) is 0 Å². The molecule has 0 radical (unpaired) electrons. The predicted octanol–water partition coefficient (Wildman–Crippen LogP) is 3.40. The minimum Gasteiger partial charge on any atom is -0.460 e. The number of ether oxygens (including phenoxy) is 1. The number of hydrogen-bond donors (Lipinski definition) is 1. The van der Waals surface area contributed by atoms with E-state index in [1.54, 1.807) is 6.20 Å². The number of furan rings is 1. The molecule has 5 heteroatoms. The molecule has 0 saturated carbocycles. The van der Waals surface area contributed by atoms with E-state index < -0.39 is 0 Å². The molecule has 25 heavy (non-hydrogen) atoms. The Morgan fingerprint density at radius 1 is 1.12 bits per heavy atom. The lowest BCUT2D eigenvalue weighted by molar-refractivity contribution is -0.0717. The zero-order valence-electron chi connectivity index (χ0n) is 14.5. The van der Waals surface area contributed by atoms with Crippen molar-refractivity contribution in [2.75, 3.05) is 13.1 Å². The number of nitrogens with zero attached hydrogens (tertiary/aromatic N) is 1. The molecule has 2 aromatic heterocycles. The van der Waals surface area contributed by atoms with Crippen molar-refractivity contribution >= 4 is 10.8 Å². The van der Waals surface area contributed by atoms with Crippen LogP contribution in [0, 0.1) is 0 Å². The molecule has 1 fully saturated rings. The van der Waals surface area contributed by atoms with Crippen LogP contribution in [0.15, 0.2) is 51.8 Å². The van der Waals surface area contributed by atoms with E-state index in [2.05, 4.69) is 23.7 Å². The second-order valence-electron chi connectivity index (χ2n) is 6.83. The lowest BCUT2D eigenvalue weighted by Crippen LogP contribution is -2.44. The first-order valence-corrected chi connectivity index (χ1v) is 8.67. The van der Waals surface area contributed by atoms with Gasteiger partial charge in [-0.15, -0.1) is 0 Å². The van der Waals surface area contributed by atoms with Gasteiger partial charge < -0.3 is 14.1 Å². The van der Waals surface area contributed by atoms with Crippen molar-refractivity contribution in [1.82, 2.24) is 9.88 Å². The van der Waals surface area contributed by atoms with Crippen LogP contribution in [0.1, 0.15) is 19.6 Å². The number of hydrogen-bond acceptors (Lipinski definition) is 4. The monoisotopic (exact) mass is 338 g/mol. The molecule has 1 aliphatic rings. The van der Waals surface area contributed by atoms with Crippen molar-refractivity contribution in [3.8, 4) is 11.3 Å². The average molecular weight is 338 g/mol. The summed E-state index contributed by atoms with van der Waals surface area (Å²) in [7, 11) is 0. The predicted molar refractivity (Wildman–Crippen MR) is 97.6 cm³/mol. The number of aromatic amines is 1. The second kappa shape index (κ2) is 6.50. The molecule has 130 valence electrons. The summed E-state index contributed by atoms with van der Waals surface area (Å²) in [6, 6.07) is 11.7. The van der Waals surface area contributed by atoms with Gasteiger partial charge in [0.1, 0.15) is 11.5 Å². The maximum absolute atomic E-state index is 12.0. The van der Waals surface area contributed by atoms with E-state index in [9.17, 15) is 4.79 Å². The summed E-state index contributed by atoms with van der Waals surface area (Å²) in [5.41, 5.74) is 0.835. The van der Waals surface area contributed by atoms with Crippen LogP contribution in [0.4, 0.5) is 0 Å². The third kappa shape index (κ3) is 3.38. The molecule has 1 N–H and O–H groups in total. The smallest absolute Gasteiger partial charge is 0.255 e. The molecule has 4 rings (SSSR count). The van der Waals surface area contributed by atoms with Crippen molar-refractivity contribution in [3.63, 3.8) is 0 Å². The summed E-state index contributed by atoms with van der Waals surface area (Å²) in [6.45, 7) is 6.79. The number of benzene rings is 1. The molecule has 0 bridgehead atoms. The molecule has 0 amide bonds. The van der Waals surface area contributed by atoms with Gasteiger partial charge in [-0.25, -0.2) is 0 Å². The number of aromatic nitrogens is 1. The highest BCUT2D eigenvalue weighted by Crippen LogP contribution is 2.26. The van der Waals surface area contributed by atoms with Gasteiger partial charge in [0.2, 0.25) is 0 Å². The highest BCUT2D eigenvalue weighted by molar-refractivity contribution is 5.85. The summed E-state index contributed by atoms with van der Waals surface area (Å²) in [5.74, 6) is 1.72. The normalized spacial score (nSPS) is 21.7. The molecule has 3 heterocycles. The minimum absolute atomic E-state index is 0.0811. The first kappa shape index (κ1) is 16.1. The third-order valence-corrected chi connectivity index (χ3v) is 4.60. The van der Waals surface area contributed by atoms with Gasteiger partial charge in [-0.05, 0) is 43.5 Å². The molecular weight excluding hydrogens is 316 g/mol. The van der Waals surface area contributed by atoms with Gasteiger partial charge >= 0.3 is 0 Å². The van der Waals surface area contributed by atoms with Crippen LogP contribution in [-0.2, 0) is 11.3 Å². The fourth-order valence-electron chi connectivity index (χ4n) is 3.59. The number of H-pyrrole nitrogens is 1. The van der Waals surface area contributed by atoms with Gasteiger partial charge in [-0.3, -0.25) is 9.69 Å². The highest BCUT2D eigenvalue weighted by atomic mass is 16.5. The molecule has 1 saturated heterocycles. The van der Waals surface area contributed by atoms with Crippen LogP contribution in [0.25, 0.3) is 22.1 Å². The average Bonchev–Trinajstić information content (AvgIpc) is 3.02. The van der Waals surface area contributed by atoms with Crippen LogP contribution in [0.2, 0.25) is 0 Å². The summed E-state index contributed by atoms with van der Waals surface area (Å²) in [5, 5.41) is 1.60. The quantitative estimate of drug-likeness (QED) is 0.795. The van der Waals surface area contributed by atoms with Gasteiger partial charge in [-0.1, -0.05) is 12.1 Å². The summed E-state index contributed by atoms with van der Waals surface area (Å²) < 4.78 is 11.8. The lowest BCUT2D eigenvalue weighted by Gasteiger charge is -2.34. The molecule has 0 aliphatic carbocycles. The SMILES string of the molecule is C[C@@H]1CN(Cc2ccc(-c3ccc4cc[nH]c(=O)c4c3)o2)C[C@H](C)O1. The zero-order valence-corrected chi connectivity index (χ0v) is 14.5. The molecule has 3 aromatic rings. The largest absolute Gasteiger partial charge is 0.460 e. The van der Waals surface area contributed by atoms with Gasteiger partial charge in [0.25, 0.3) is 5.56 Å². The highest BCUT2D eigenvalue weighted by Gasteiger charge is 2.23. The fraction of sp³-hybridized carbons (Fsp3) is 0.350. The van der Waals surface area contributed by atoms with Crippen molar-refractivity contribution in [1.29, 1.82) is 0 Å². The Kier molecular flexibility index (Phi) is 4.19. The van der Waals surface area contributed by atoms with Gasteiger partial charge in [0.15, 0.2) is 0 Å². The molecule has 1 aliphatic heterocycles. The number of pyridine rings is 1. The van der Waals surface area contributed by atoms with E-state index in [1.807, 2.05) is 36.4 Å². The summed E-state index contributed by atoms with van der Waals surface area (Å²) in [4.78, 5) is 17.1. The van der Waals surface area contributed by atoms with Crippen LogP contribution in [-0.4, -0.2) is 35.2 Å². The van der Waals surface area contributed by atoms with E-state index in [4.69, 9.17) is 9.15 Å². The van der Waals surface area contributed by atoms with Crippen molar-refractivity contribution in [3.05, 3.63) is 58.7 Å². The van der Waals surface area contributed by atoms with Gasteiger partial charge in [-0.2, -0.15) is 0 Å². The van der Waals surface area contributed by atoms with Gasteiger partial charge in [0, 0.05) is 30.2 Å². The molecule has 1 aromatic carbocycles. The van der Waals surface area contributed by atoms with E-state index in [0.29, 0.717) is 5.39 Å². The Balaban J connectivity index is 1.57. The molecule has 5 nitrogen and oxygen atoms in total. The fourth-order valence-corrected chi connectivity index (χ4v) is 3.59. The number of morpholine rings is 1. The molecule has 0 unspecified atom stereocenters. The first-order valence-electron chi connectivity index (χ1n) is 8.67. The Hall–Kier alpha value is -2.37. The molecule has 2 atom stereocenters. The Morgan fingerprint density at radius 2 is 1.92 bits per heavy atom. The summed E-state index contributed by atoms with van der Waals surface area (Å²) >= 11 is 0. The maximum atomic E-state index is 12.0. The number of fused-ring (bicyclic) bond motifs is 1. The topological polar surface area (TPSA) is 58.5 Å². The zero-order chi connectivity index (χ0) is 17.4. The first-order chi connectivity index (χ1) is 12.1. The Labute approximate surface area is 146 Å². The van der Waals surface area contributed by atoms with E-state index >= 15 is 0 Å². The van der Waals surface area contributed by atoms with Crippen LogP contribution < -0.4 is 5.56 Å². The lowest BCUT2D eigenvalue weighted by atomic mass is 10.1. The van der Waals surface area contributed by atoms with Crippen LogP contribution >= 0.6 is 0 Å². The van der Waals surface area contributed by atoms with Crippen molar-refractivity contribution in [2.45, 2.75) is 32.6 Å². The maximum Gasteiger partial charge on any atom is 0.255 e. The van der Waals surface area contributed by atoms with E-state index in [-0.39, 0.29) is 17.8 Å². The van der Waals surface area contributed by atoms with Crippen molar-refractivity contribution < 1.29 is 9.15 Å². The van der Waals surface area contributed by atoms with E-state index in [1.165, 1.54) is 0 Å². The second-order valence-corrected chi connectivity index (χ2v) is 6.83. The number of nitrogens with one attached hydrogen (secondary N) is 1. The minimum atomic E-state index is -0.0811. The van der Waals surface area contributed by atoms with Gasteiger partial charge in [0.05, 0.1) is 18.8 Å². The molecular formula is C20H22N2O3. The Bertz CT molecular complexity index is 933.